The number of ether oxygens (including phenoxy) is 2. The van der Waals surface area contributed by atoms with Crippen molar-refractivity contribution in [2.24, 2.45) is 0 Å². The van der Waals surface area contributed by atoms with Crippen LogP contribution < -0.4 is 19.7 Å². The number of para-hydroxylation sites is 1. The van der Waals surface area contributed by atoms with Crippen molar-refractivity contribution in [3.63, 3.8) is 0 Å². The van der Waals surface area contributed by atoms with E-state index in [0.29, 0.717) is 19.6 Å². The highest BCUT2D eigenvalue weighted by molar-refractivity contribution is 5.78. The fraction of sp³-hybridized carbons (Fsp3) is 0.296. The highest BCUT2D eigenvalue weighted by Crippen LogP contribution is 2.36. The van der Waals surface area contributed by atoms with Crippen LogP contribution in [0.5, 0.6) is 11.5 Å². The maximum absolute atomic E-state index is 12.9. The van der Waals surface area contributed by atoms with Crippen LogP contribution >= 0.6 is 0 Å². The lowest BCUT2D eigenvalue weighted by atomic mass is 10.0. The number of amides is 1. The van der Waals surface area contributed by atoms with Gasteiger partial charge in [0.1, 0.15) is 18.1 Å². The summed E-state index contributed by atoms with van der Waals surface area (Å²) in [6.07, 6.45) is 0.355. The second-order valence-electron chi connectivity index (χ2n) is 8.34. The van der Waals surface area contributed by atoms with E-state index in [1.54, 1.807) is 7.11 Å². The van der Waals surface area contributed by atoms with Gasteiger partial charge in [-0.05, 0) is 43.2 Å². The lowest BCUT2D eigenvalue weighted by molar-refractivity contribution is -0.121. The number of anilines is 1. The fourth-order valence-corrected chi connectivity index (χ4v) is 4.05. The van der Waals surface area contributed by atoms with Crippen LogP contribution in [0, 0.1) is 13.8 Å². The minimum atomic E-state index is -0.0517. The molecule has 5 nitrogen and oxygen atoms in total. The summed E-state index contributed by atoms with van der Waals surface area (Å²) in [7, 11) is 1.64. The van der Waals surface area contributed by atoms with E-state index in [2.05, 4.69) is 66.5 Å². The Morgan fingerprint density at radius 2 is 1.81 bits per heavy atom. The summed E-state index contributed by atoms with van der Waals surface area (Å²) in [6.45, 7) is 5.79. The van der Waals surface area contributed by atoms with E-state index in [0.717, 1.165) is 34.9 Å². The Labute approximate surface area is 190 Å². The van der Waals surface area contributed by atoms with Crippen LogP contribution in [0.1, 0.15) is 28.7 Å². The second kappa shape index (κ2) is 9.77. The summed E-state index contributed by atoms with van der Waals surface area (Å²) in [5, 5.41) is 3.04. The van der Waals surface area contributed by atoms with E-state index in [4.69, 9.17) is 9.47 Å². The molecule has 0 bridgehead atoms. The Morgan fingerprint density at radius 3 is 2.59 bits per heavy atom. The summed E-state index contributed by atoms with van der Waals surface area (Å²) in [5.41, 5.74) is 5.60. The minimum absolute atomic E-state index is 0.00558. The number of aryl methyl sites for hydroxylation is 2. The van der Waals surface area contributed by atoms with Gasteiger partial charge in [0.2, 0.25) is 5.91 Å². The molecule has 0 unspecified atom stereocenters. The fourth-order valence-electron chi connectivity index (χ4n) is 4.05. The van der Waals surface area contributed by atoms with E-state index in [9.17, 15) is 4.79 Å². The lowest BCUT2D eigenvalue weighted by Crippen LogP contribution is -2.45. The molecule has 1 atom stereocenters. The summed E-state index contributed by atoms with van der Waals surface area (Å²) in [4.78, 5) is 15.2. The summed E-state index contributed by atoms with van der Waals surface area (Å²) in [5.74, 6) is 1.65. The molecule has 0 saturated carbocycles. The van der Waals surface area contributed by atoms with Gasteiger partial charge in [-0.1, -0.05) is 54.1 Å². The van der Waals surface area contributed by atoms with Gasteiger partial charge in [-0.3, -0.25) is 4.79 Å². The first kappa shape index (κ1) is 21.8. The van der Waals surface area contributed by atoms with Gasteiger partial charge >= 0.3 is 0 Å². The van der Waals surface area contributed by atoms with Gasteiger partial charge in [0, 0.05) is 18.7 Å². The maximum Gasteiger partial charge on any atom is 0.222 e. The maximum atomic E-state index is 12.9. The average Bonchev–Trinajstić information content (AvgIpc) is 2.80. The average molecular weight is 431 g/mol. The van der Waals surface area contributed by atoms with Crippen LogP contribution in [-0.4, -0.2) is 25.7 Å². The van der Waals surface area contributed by atoms with Crippen LogP contribution in [0.4, 0.5) is 5.69 Å². The van der Waals surface area contributed by atoms with Crippen LogP contribution in [0.2, 0.25) is 0 Å². The topological polar surface area (TPSA) is 50.8 Å². The first-order valence-electron chi connectivity index (χ1n) is 11.0. The molecule has 5 heteroatoms. The number of fused-ring (bicyclic) bond motifs is 1. The largest absolute Gasteiger partial charge is 0.496 e. The zero-order valence-electron chi connectivity index (χ0n) is 18.9. The number of hydrogen-bond acceptors (Lipinski definition) is 4. The van der Waals surface area contributed by atoms with E-state index in [1.807, 2.05) is 24.3 Å². The third-order valence-corrected chi connectivity index (χ3v) is 5.86. The van der Waals surface area contributed by atoms with Crippen molar-refractivity contribution in [1.29, 1.82) is 0 Å². The highest BCUT2D eigenvalue weighted by atomic mass is 16.5. The molecule has 1 heterocycles. The molecule has 0 aromatic heterocycles. The molecule has 32 heavy (non-hydrogen) atoms. The van der Waals surface area contributed by atoms with Crippen molar-refractivity contribution < 1.29 is 14.3 Å². The third-order valence-electron chi connectivity index (χ3n) is 5.86. The van der Waals surface area contributed by atoms with Gasteiger partial charge in [-0.25, -0.2) is 0 Å². The molecule has 1 N–H and O–H groups in total. The predicted octanol–water partition coefficient (Wildman–Crippen LogP) is 4.79. The minimum Gasteiger partial charge on any atom is -0.496 e. The molecule has 0 spiro atoms. The Bertz CT molecular complexity index is 1080. The van der Waals surface area contributed by atoms with Gasteiger partial charge in [0.15, 0.2) is 0 Å². The molecule has 166 valence electrons. The monoisotopic (exact) mass is 430 g/mol. The standard InChI is InChI=1S/C27H30N2O3/c1-19-8-11-21(12-9-19)17-29-23(18-32-26-14-20(2)10-13-24(26)29)15-27(30)28-16-22-6-4-5-7-25(22)31-3/h4-14,23H,15-18H2,1-3H3,(H,28,30)/t23-/m1/s1. The summed E-state index contributed by atoms with van der Waals surface area (Å²) in [6, 6.07) is 22.5. The smallest absolute Gasteiger partial charge is 0.222 e. The zero-order valence-corrected chi connectivity index (χ0v) is 18.9. The van der Waals surface area contributed by atoms with Crippen molar-refractivity contribution >= 4 is 11.6 Å². The first-order valence-corrected chi connectivity index (χ1v) is 11.0. The highest BCUT2D eigenvalue weighted by Gasteiger charge is 2.29. The van der Waals surface area contributed by atoms with Crippen molar-refractivity contribution in [1.82, 2.24) is 5.32 Å². The van der Waals surface area contributed by atoms with Crippen LogP contribution in [0.15, 0.2) is 66.7 Å². The van der Waals surface area contributed by atoms with E-state index >= 15 is 0 Å². The molecule has 1 aliphatic rings. The zero-order chi connectivity index (χ0) is 22.5. The predicted molar refractivity (Wildman–Crippen MR) is 127 cm³/mol. The molecule has 0 aliphatic carbocycles. The van der Waals surface area contributed by atoms with E-state index in [-0.39, 0.29) is 11.9 Å². The van der Waals surface area contributed by atoms with E-state index in [1.165, 1.54) is 11.1 Å². The number of methoxy groups -OCH3 is 1. The molecule has 3 aromatic carbocycles. The Balaban J connectivity index is 1.49. The molecule has 3 aromatic rings. The Hall–Kier alpha value is -3.47. The molecule has 0 saturated heterocycles. The molecule has 4 rings (SSSR count). The normalized spacial score (nSPS) is 15.0. The first-order chi connectivity index (χ1) is 15.5. The number of rotatable bonds is 7. The number of benzene rings is 3. The van der Waals surface area contributed by atoms with Crippen molar-refractivity contribution in [3.05, 3.63) is 89.0 Å². The summed E-state index contributed by atoms with van der Waals surface area (Å²) >= 11 is 0. The lowest BCUT2D eigenvalue weighted by Gasteiger charge is -2.38. The molecule has 0 fully saturated rings. The third kappa shape index (κ3) is 5.05. The van der Waals surface area contributed by atoms with Gasteiger partial charge < -0.3 is 19.7 Å². The molecule has 0 radical (unpaired) electrons. The van der Waals surface area contributed by atoms with Crippen molar-refractivity contribution in [3.8, 4) is 11.5 Å². The van der Waals surface area contributed by atoms with Crippen LogP contribution in [-0.2, 0) is 17.9 Å². The molecule has 1 aliphatic heterocycles. The van der Waals surface area contributed by atoms with Crippen LogP contribution in [0.25, 0.3) is 0 Å². The van der Waals surface area contributed by atoms with E-state index < -0.39 is 0 Å². The Kier molecular flexibility index (Phi) is 6.64. The van der Waals surface area contributed by atoms with Crippen molar-refractivity contribution in [2.45, 2.75) is 39.4 Å². The summed E-state index contributed by atoms with van der Waals surface area (Å²) < 4.78 is 11.5. The number of nitrogens with zero attached hydrogens (tertiary/aromatic N) is 1. The number of nitrogens with one attached hydrogen (secondary N) is 1. The molecule has 1 amide bonds. The SMILES string of the molecule is COc1ccccc1CNC(=O)C[C@@H]1COc2cc(C)ccc2N1Cc1ccc(C)cc1. The second-order valence-corrected chi connectivity index (χ2v) is 8.34. The molecular weight excluding hydrogens is 400 g/mol. The van der Waals surface area contributed by atoms with Gasteiger partial charge in [-0.15, -0.1) is 0 Å². The number of carbonyl (C=O) groups excluding carboxylic acids is 1. The van der Waals surface area contributed by atoms with Gasteiger partial charge in [0.05, 0.1) is 25.3 Å². The molecular formula is C27H30N2O3. The quantitative estimate of drug-likeness (QED) is 0.586. The number of carbonyl (C=O) groups is 1. The number of hydrogen-bond donors (Lipinski definition) is 1. The Morgan fingerprint density at radius 1 is 1.06 bits per heavy atom. The van der Waals surface area contributed by atoms with Crippen molar-refractivity contribution in [2.75, 3.05) is 18.6 Å². The van der Waals surface area contributed by atoms with Crippen LogP contribution in [0.3, 0.4) is 0 Å². The van der Waals surface area contributed by atoms with Gasteiger partial charge in [0.25, 0.3) is 0 Å². The van der Waals surface area contributed by atoms with Gasteiger partial charge in [-0.2, -0.15) is 0 Å².